The van der Waals surface area contributed by atoms with Crippen molar-refractivity contribution in [1.29, 1.82) is 0 Å². The molecular weight excluding hydrogens is 1290 g/mol. The van der Waals surface area contributed by atoms with Crippen LogP contribution in [0.2, 0.25) is 0 Å². The molecule has 3 fully saturated rings. The van der Waals surface area contributed by atoms with Gasteiger partial charge in [0, 0.05) is 67.7 Å². The van der Waals surface area contributed by atoms with E-state index in [-0.39, 0.29) is 83.4 Å². The Morgan fingerprint density at radius 3 is 0.802 bits per heavy atom. The second-order valence-electron chi connectivity index (χ2n) is 23.4. The van der Waals surface area contributed by atoms with Gasteiger partial charge in [-0.15, -0.1) is 0 Å². The van der Waals surface area contributed by atoms with E-state index < -0.39 is 36.4 Å². The molecule has 0 bridgehead atoms. The van der Waals surface area contributed by atoms with Crippen LogP contribution < -0.4 is 14.7 Å². The van der Waals surface area contributed by atoms with E-state index in [1.165, 1.54) is 108 Å². The van der Waals surface area contributed by atoms with Gasteiger partial charge >= 0.3 is 0 Å². The summed E-state index contributed by atoms with van der Waals surface area (Å²) in [7, 11) is 0. The van der Waals surface area contributed by atoms with Crippen molar-refractivity contribution >= 4 is 68.1 Å². The van der Waals surface area contributed by atoms with Crippen molar-refractivity contribution in [2.45, 2.75) is 110 Å². The quantitative estimate of drug-likeness (QED) is 0.0325. The number of aliphatic hydroxyl groups excluding tert-OH is 3. The van der Waals surface area contributed by atoms with Gasteiger partial charge in [-0.05, 0) is 184 Å². The van der Waals surface area contributed by atoms with Crippen LogP contribution >= 0.6 is 35.3 Å². The first kappa shape index (κ1) is 69.7. The monoisotopic (exact) mass is 1360 g/mol. The second kappa shape index (κ2) is 32.6. The van der Waals surface area contributed by atoms with Gasteiger partial charge < -0.3 is 46.0 Å². The summed E-state index contributed by atoms with van der Waals surface area (Å²) in [6, 6.07) is 57.2. The number of carbonyl (C=O) groups excluding carboxylic acids is 3. The molecule has 15 nitrogen and oxygen atoms in total. The van der Waals surface area contributed by atoms with Crippen LogP contribution in [-0.2, 0) is 0 Å². The smallest absolute Gasteiger partial charge is 0.287 e. The van der Waals surface area contributed by atoms with Crippen LogP contribution in [0.25, 0.3) is 0 Å². The Bertz CT molecular complexity index is 3650. The van der Waals surface area contributed by atoms with Crippen LogP contribution in [-0.4, -0.2) is 77.4 Å². The lowest BCUT2D eigenvalue weighted by Gasteiger charge is -2.28. The van der Waals surface area contributed by atoms with Gasteiger partial charge in [0.1, 0.15) is 51.9 Å². The number of rotatable bonds is 21. The lowest BCUT2D eigenvalue weighted by atomic mass is 9.95. The molecule has 3 heterocycles. The van der Waals surface area contributed by atoms with Crippen molar-refractivity contribution in [3.8, 4) is 34.5 Å². The number of benzene rings is 9. The normalized spacial score (nSPS) is 19.3. The Hall–Kier alpha value is -9.09. The van der Waals surface area contributed by atoms with Crippen LogP contribution in [0.15, 0.2) is 218 Å². The molecule has 0 saturated carbocycles. The maximum Gasteiger partial charge on any atom is 0.287 e. The molecule has 21 heteroatoms. The van der Waals surface area contributed by atoms with E-state index in [0.29, 0.717) is 91.2 Å². The van der Waals surface area contributed by atoms with Crippen LogP contribution in [0, 0.1) is 17.5 Å². The van der Waals surface area contributed by atoms with Crippen LogP contribution in [0.1, 0.15) is 128 Å². The van der Waals surface area contributed by atoms with E-state index in [4.69, 9.17) is 0 Å². The summed E-state index contributed by atoms with van der Waals surface area (Å²) in [5.41, 5.74) is 5.85. The Labute approximate surface area is 566 Å². The maximum atomic E-state index is 13.1. The van der Waals surface area contributed by atoms with E-state index in [1.807, 2.05) is 91.0 Å². The van der Waals surface area contributed by atoms with Gasteiger partial charge in [-0.3, -0.25) is 29.1 Å². The summed E-state index contributed by atoms with van der Waals surface area (Å²) in [4.78, 5) is 43.9. The predicted octanol–water partition coefficient (Wildman–Crippen LogP) is 17.8. The molecular formula is C75H72F3N3O12S3. The second-order valence-corrected chi connectivity index (χ2v) is 27.0. The summed E-state index contributed by atoms with van der Waals surface area (Å²) >= 11 is 3.65. The highest BCUT2D eigenvalue weighted by molar-refractivity contribution is 8.15. The zero-order valence-corrected chi connectivity index (χ0v) is 54.2. The molecule has 3 amide bonds. The van der Waals surface area contributed by atoms with Gasteiger partial charge in [-0.25, -0.2) is 13.2 Å². The van der Waals surface area contributed by atoms with Gasteiger partial charge in [0.25, 0.3) is 15.7 Å². The van der Waals surface area contributed by atoms with Crippen LogP contribution in [0.5, 0.6) is 34.5 Å². The molecule has 9 N–H and O–H groups in total. The van der Waals surface area contributed by atoms with E-state index in [9.17, 15) is 73.5 Å². The van der Waals surface area contributed by atoms with E-state index in [1.54, 1.807) is 69.3 Å². The maximum absolute atomic E-state index is 13.1. The van der Waals surface area contributed by atoms with Crippen molar-refractivity contribution < 1.29 is 73.5 Å². The lowest BCUT2D eigenvalue weighted by Crippen LogP contribution is -2.29. The highest BCUT2D eigenvalue weighted by Crippen LogP contribution is 2.52. The lowest BCUT2D eigenvalue weighted by molar-refractivity contribution is 0.163. The summed E-state index contributed by atoms with van der Waals surface area (Å²) in [5, 5.41) is 91.3. The van der Waals surface area contributed by atoms with Crippen molar-refractivity contribution in [3.05, 3.63) is 269 Å². The number of aliphatic hydroxyl groups is 3. The molecule has 96 heavy (non-hydrogen) atoms. The molecule has 3 aliphatic heterocycles. The molecule has 3 aliphatic rings. The summed E-state index contributed by atoms with van der Waals surface area (Å²) in [5.74, 6) is -1.39. The first-order valence-corrected chi connectivity index (χ1v) is 34.0. The summed E-state index contributed by atoms with van der Waals surface area (Å²) in [6.45, 7) is 0. The van der Waals surface area contributed by atoms with E-state index in [2.05, 4.69) is 0 Å². The number of carbonyl (C=O) groups is 3. The molecule has 0 aromatic heterocycles. The fraction of sp³-hybridized carbons (Fsp3) is 0.240. The molecule has 9 aromatic carbocycles. The topological polar surface area (TPSA) is 243 Å². The number of anilines is 3. The number of thioether (sulfide) groups is 3. The van der Waals surface area contributed by atoms with Gasteiger partial charge in [-0.1, -0.05) is 126 Å². The molecule has 0 aliphatic carbocycles. The standard InChI is InChI=1S/3C25H24FNO4S/c3*26-17-11-9-16(10-12-17)21(29)7-4-8-23-24(20-14-13-19(28)15-22(20)30)27(25(31)32-23)18-5-2-1-3-6-18/h3*1-3,5-6,9-15,21,23-24,28-30H,4,7-8H2/t21?,23-,24-;21-,23-,24-;/m11./s1. The highest BCUT2D eigenvalue weighted by atomic mass is 32.2. The average molecular weight is 1360 g/mol. The molecule has 3 saturated heterocycles. The number of amides is 3. The fourth-order valence-electron chi connectivity index (χ4n) is 12.3. The van der Waals surface area contributed by atoms with Crippen molar-refractivity contribution in [1.82, 2.24) is 0 Å². The number of aromatic hydroxyl groups is 6. The Balaban J connectivity index is 0.000000157. The van der Waals surface area contributed by atoms with E-state index in [0.717, 1.165) is 17.1 Å². The fourth-order valence-corrected chi connectivity index (χ4v) is 16.1. The third-order valence-electron chi connectivity index (χ3n) is 17.0. The molecule has 12 rings (SSSR count). The van der Waals surface area contributed by atoms with Gasteiger partial charge in [0.15, 0.2) is 0 Å². The molecule has 498 valence electrons. The van der Waals surface area contributed by atoms with Gasteiger partial charge in [0.2, 0.25) is 0 Å². The predicted molar refractivity (Wildman–Crippen MR) is 370 cm³/mol. The third kappa shape index (κ3) is 17.3. The molecule has 0 radical (unpaired) electrons. The molecule has 0 spiro atoms. The first-order chi connectivity index (χ1) is 46.3. The van der Waals surface area contributed by atoms with Gasteiger partial charge in [0.05, 0.1) is 36.4 Å². The number of phenols is 6. The minimum absolute atomic E-state index is 0.0477. The number of halogens is 3. The number of hydrogen-bond acceptors (Lipinski definition) is 15. The zero-order chi connectivity index (χ0) is 68.0. The number of phenolic OH excluding ortho intramolecular Hbond substituents is 6. The average Bonchev–Trinajstić information content (AvgIpc) is 1.63. The SMILES string of the molecule is O=C1SC(CCCC(O)c2ccc(F)cc2)C(c2ccc(O)cc2O)N1c1ccccc1.O=C1S[C@H](CCCC(O)c2ccc(F)cc2)[C@@H](c2ccc(O)cc2O)N1c1ccccc1.O=C1S[C@H](CCC[C@@H](O)c2ccc(F)cc2)[C@@H](c2ccc(O)cc2O)N1c1ccccc1. The number of para-hydroxylation sites is 3. The van der Waals surface area contributed by atoms with Crippen molar-refractivity contribution in [2.75, 3.05) is 14.7 Å². The van der Waals surface area contributed by atoms with Crippen molar-refractivity contribution in [3.63, 3.8) is 0 Å². The zero-order valence-electron chi connectivity index (χ0n) is 51.8. The third-order valence-corrected chi connectivity index (χ3v) is 20.6. The summed E-state index contributed by atoms with van der Waals surface area (Å²) < 4.78 is 39.4. The Morgan fingerprint density at radius 1 is 0.333 bits per heavy atom. The summed E-state index contributed by atoms with van der Waals surface area (Å²) in [6.07, 6.45) is 3.05. The number of hydrogen-bond donors (Lipinski definition) is 9. The van der Waals surface area contributed by atoms with Crippen molar-refractivity contribution in [2.24, 2.45) is 0 Å². The minimum Gasteiger partial charge on any atom is -0.508 e. The van der Waals surface area contributed by atoms with Crippen LogP contribution in [0.3, 0.4) is 0 Å². The minimum atomic E-state index is -0.719. The molecule has 9 aromatic rings. The largest absolute Gasteiger partial charge is 0.508 e. The molecule has 9 atom stereocenters. The molecule has 4 unspecified atom stereocenters. The first-order valence-electron chi connectivity index (χ1n) is 31.3. The highest BCUT2D eigenvalue weighted by Gasteiger charge is 2.46. The number of nitrogens with zero attached hydrogens (tertiary/aromatic N) is 3. The van der Waals surface area contributed by atoms with Crippen LogP contribution in [0.4, 0.5) is 44.6 Å². The Morgan fingerprint density at radius 2 is 0.573 bits per heavy atom. The van der Waals surface area contributed by atoms with Gasteiger partial charge in [-0.2, -0.15) is 0 Å². The Kier molecular flexibility index (Phi) is 23.7. The van der Waals surface area contributed by atoms with E-state index >= 15 is 0 Å².